The van der Waals surface area contributed by atoms with Gasteiger partial charge in [0.05, 0.1) is 29.5 Å². The Morgan fingerprint density at radius 1 is 1.28 bits per heavy atom. The van der Waals surface area contributed by atoms with Crippen LogP contribution in [0.4, 0.5) is 0 Å². The van der Waals surface area contributed by atoms with Crippen molar-refractivity contribution >= 4 is 29.7 Å². The Morgan fingerprint density at radius 3 is 2.83 bits per heavy atom. The molecule has 0 N–H and O–H groups in total. The van der Waals surface area contributed by atoms with Crippen LogP contribution in [0.5, 0.6) is 0 Å². The van der Waals surface area contributed by atoms with Gasteiger partial charge < -0.3 is 14.5 Å². The number of thioether (sulfide) groups is 1. The quantitative estimate of drug-likeness (QED) is 0.320. The summed E-state index contributed by atoms with van der Waals surface area (Å²) in [6.45, 7) is 3.44. The number of nitrogens with zero attached hydrogens (tertiary/aromatic N) is 4. The van der Waals surface area contributed by atoms with Crippen LogP contribution in [-0.2, 0) is 29.2 Å². The second-order valence-electron chi connectivity index (χ2n) is 7.03. The summed E-state index contributed by atoms with van der Waals surface area (Å²) >= 11 is 1.31. The van der Waals surface area contributed by atoms with Crippen LogP contribution in [0.15, 0.2) is 53.2 Å². The van der Waals surface area contributed by atoms with E-state index in [1.807, 2.05) is 24.4 Å². The molecule has 1 amide bonds. The Labute approximate surface area is 194 Å². The van der Waals surface area contributed by atoms with Gasteiger partial charge in [-0.15, -0.1) is 11.8 Å². The Bertz CT molecular complexity index is 1030. The normalized spacial score (nSPS) is 21.9. The van der Waals surface area contributed by atoms with E-state index in [1.54, 1.807) is 6.08 Å². The van der Waals surface area contributed by atoms with Crippen molar-refractivity contribution in [2.24, 2.45) is 0 Å². The van der Waals surface area contributed by atoms with Gasteiger partial charge in [0.2, 0.25) is 0 Å². The molecule has 29 heavy (non-hydrogen) atoms. The molecule has 4 heterocycles. The van der Waals surface area contributed by atoms with E-state index in [9.17, 15) is 14.7 Å². The topological polar surface area (TPSA) is 81.5 Å². The molecular weight excluding hydrogens is 399 g/mol. The van der Waals surface area contributed by atoms with Gasteiger partial charge >= 0.3 is 29.6 Å². The predicted octanol–water partition coefficient (Wildman–Crippen LogP) is -2.21. The zero-order valence-electron chi connectivity index (χ0n) is 15.9. The number of benzene rings is 1. The third-order valence-corrected chi connectivity index (χ3v) is 6.28. The molecule has 1 saturated heterocycles. The number of rotatable bonds is 4. The van der Waals surface area contributed by atoms with Crippen molar-refractivity contribution in [2.75, 3.05) is 6.54 Å². The molecule has 2 aromatic rings. The van der Waals surface area contributed by atoms with Gasteiger partial charge in [-0.25, -0.2) is 4.98 Å². The summed E-state index contributed by atoms with van der Waals surface area (Å²) in [4.78, 5) is 31.7. The maximum absolute atomic E-state index is 12.3. The summed E-state index contributed by atoms with van der Waals surface area (Å²) in [7, 11) is 0. The minimum Gasteiger partial charge on any atom is -0.543 e. The first-order valence-electron chi connectivity index (χ1n) is 9.04. The van der Waals surface area contributed by atoms with E-state index in [2.05, 4.69) is 26.6 Å². The smallest absolute Gasteiger partial charge is 0.543 e. The van der Waals surface area contributed by atoms with Crippen molar-refractivity contribution in [3.05, 3.63) is 70.3 Å². The van der Waals surface area contributed by atoms with Gasteiger partial charge in [-0.05, 0) is 17.0 Å². The number of hydrogen-bond donors (Lipinski definition) is 0. The van der Waals surface area contributed by atoms with Gasteiger partial charge in [-0.3, -0.25) is 14.6 Å². The van der Waals surface area contributed by atoms with Crippen LogP contribution in [0.2, 0.25) is 0 Å². The standard InChI is InChI=1S/C20H18N4O3S.Na/c25-18-15(19-24(18)16(12-28-19)20(26)27)8-14-10-23-7-6-22(11-17(23)21-14)9-13-4-2-1-3-5-13;/h1-5,8,10,12,19H,6-7,9,11H2,(H,26,27);/q;+1/p-1/b15-8+;. The number of carbonyl (C=O) groups is 2. The van der Waals surface area contributed by atoms with Gasteiger partial charge in [0, 0.05) is 25.8 Å². The summed E-state index contributed by atoms with van der Waals surface area (Å²) in [5.41, 5.74) is 2.54. The summed E-state index contributed by atoms with van der Waals surface area (Å²) in [5.74, 6) is -0.634. The molecule has 7 nitrogen and oxygen atoms in total. The minimum absolute atomic E-state index is 0. The number of fused-ring (bicyclic) bond motifs is 2. The number of carbonyl (C=O) groups excluding carboxylic acids is 2. The van der Waals surface area contributed by atoms with Crippen LogP contribution in [-0.4, -0.2) is 43.1 Å². The molecule has 1 unspecified atom stereocenters. The maximum Gasteiger partial charge on any atom is 1.00 e. The molecule has 142 valence electrons. The fourth-order valence-corrected chi connectivity index (χ4v) is 4.90. The Balaban J connectivity index is 0.00000205. The van der Waals surface area contributed by atoms with Crippen LogP contribution in [0.1, 0.15) is 17.1 Å². The van der Waals surface area contributed by atoms with Crippen molar-refractivity contribution in [3.8, 4) is 0 Å². The van der Waals surface area contributed by atoms with Crippen LogP contribution < -0.4 is 34.7 Å². The Hall–Kier alpha value is -1.84. The van der Waals surface area contributed by atoms with Gasteiger partial charge in [0.1, 0.15) is 11.2 Å². The van der Waals surface area contributed by atoms with Gasteiger partial charge in [0.15, 0.2) is 0 Å². The molecular formula is C20H17N4NaO3S. The number of carboxylic acids is 1. The van der Waals surface area contributed by atoms with E-state index in [0.29, 0.717) is 5.57 Å². The largest absolute Gasteiger partial charge is 1.00 e. The molecule has 0 radical (unpaired) electrons. The summed E-state index contributed by atoms with van der Waals surface area (Å²) in [6.07, 6.45) is 3.74. The van der Waals surface area contributed by atoms with Gasteiger partial charge in [0.25, 0.3) is 5.91 Å². The number of β-lactam (4-membered cyclic amide) rings is 1. The molecule has 3 aliphatic rings. The number of aromatic nitrogens is 2. The zero-order chi connectivity index (χ0) is 19.3. The molecule has 1 atom stereocenters. The van der Waals surface area contributed by atoms with Crippen molar-refractivity contribution in [2.45, 2.75) is 25.0 Å². The number of amides is 1. The molecule has 3 aliphatic heterocycles. The molecule has 1 aromatic heterocycles. The van der Waals surface area contributed by atoms with Crippen molar-refractivity contribution in [1.82, 2.24) is 19.4 Å². The second-order valence-corrected chi connectivity index (χ2v) is 7.98. The molecule has 5 rings (SSSR count). The molecule has 0 bridgehead atoms. The third kappa shape index (κ3) is 3.71. The monoisotopic (exact) mass is 416 g/mol. The summed E-state index contributed by atoms with van der Waals surface area (Å²) in [6, 6.07) is 10.4. The molecule has 0 aliphatic carbocycles. The van der Waals surface area contributed by atoms with Crippen LogP contribution in [0.3, 0.4) is 0 Å². The van der Waals surface area contributed by atoms with Gasteiger partial charge in [-0.2, -0.15) is 0 Å². The number of carboxylic acid groups (broad SMARTS) is 1. The van der Waals surface area contributed by atoms with Crippen LogP contribution >= 0.6 is 11.8 Å². The van der Waals surface area contributed by atoms with E-state index < -0.39 is 5.97 Å². The van der Waals surface area contributed by atoms with E-state index in [1.165, 1.54) is 27.6 Å². The van der Waals surface area contributed by atoms with E-state index >= 15 is 0 Å². The van der Waals surface area contributed by atoms with Crippen molar-refractivity contribution in [1.29, 1.82) is 0 Å². The predicted molar refractivity (Wildman–Crippen MR) is 102 cm³/mol. The molecule has 0 saturated carbocycles. The number of aliphatic carboxylic acids is 1. The summed E-state index contributed by atoms with van der Waals surface area (Å²) in [5, 5.41) is 12.3. The molecule has 9 heteroatoms. The minimum atomic E-state index is -1.32. The third-order valence-electron chi connectivity index (χ3n) is 5.20. The molecule has 0 spiro atoms. The molecule has 1 aromatic carbocycles. The average molecular weight is 416 g/mol. The Kier molecular flexibility index (Phi) is 5.72. The maximum atomic E-state index is 12.3. The van der Waals surface area contributed by atoms with Crippen molar-refractivity contribution in [3.63, 3.8) is 0 Å². The fraction of sp³-hybridized carbons (Fsp3) is 0.250. The first-order chi connectivity index (χ1) is 13.6. The first kappa shape index (κ1) is 20.4. The second kappa shape index (κ2) is 8.12. The van der Waals surface area contributed by atoms with Crippen LogP contribution in [0.25, 0.3) is 6.08 Å². The Morgan fingerprint density at radius 2 is 2.07 bits per heavy atom. The zero-order valence-corrected chi connectivity index (χ0v) is 18.8. The SMILES string of the molecule is O=C([O-])C1=CSC2/C(=C/c3cn4c(n3)CN(Cc3ccccc3)CC4)C(=O)N12.[Na+]. The first-order valence-corrected chi connectivity index (χ1v) is 9.99. The number of imidazole rings is 1. The van der Waals surface area contributed by atoms with E-state index in [4.69, 9.17) is 0 Å². The number of hydrogen-bond acceptors (Lipinski definition) is 6. The van der Waals surface area contributed by atoms with Crippen LogP contribution in [0, 0.1) is 0 Å². The average Bonchev–Trinajstić information content (AvgIpc) is 3.28. The van der Waals surface area contributed by atoms with Crippen molar-refractivity contribution < 1.29 is 44.3 Å². The van der Waals surface area contributed by atoms with E-state index in [0.717, 1.165) is 37.7 Å². The molecule has 1 fully saturated rings. The van der Waals surface area contributed by atoms with E-state index in [-0.39, 0.29) is 46.5 Å². The fourth-order valence-electron chi connectivity index (χ4n) is 3.79. The van der Waals surface area contributed by atoms with Gasteiger partial charge in [-0.1, -0.05) is 30.3 Å². The summed E-state index contributed by atoms with van der Waals surface area (Å²) < 4.78 is 2.13.